The molecular formula is C10H20N2O3. The number of rotatable bonds is 1. The molecule has 5 nitrogen and oxygen atoms in total. The average Bonchev–Trinajstić information content (AvgIpc) is 2.27. The number of nitrogens with two attached hydrogens (primary N) is 1. The number of hydrogen-bond acceptors (Lipinski definition) is 4. The first-order valence-electron chi connectivity index (χ1n) is 5.30. The minimum atomic E-state index is -0.782. The van der Waals surface area contributed by atoms with E-state index < -0.39 is 12.4 Å². The van der Waals surface area contributed by atoms with Gasteiger partial charge in [-0.15, -0.1) is 0 Å². The maximum atomic E-state index is 10.6. The van der Waals surface area contributed by atoms with Crippen molar-refractivity contribution in [1.29, 1.82) is 0 Å². The van der Waals surface area contributed by atoms with Crippen LogP contribution in [-0.2, 0) is 9.57 Å². The highest BCUT2D eigenvalue weighted by Crippen LogP contribution is 2.22. The van der Waals surface area contributed by atoms with Crippen LogP contribution in [0.15, 0.2) is 0 Å². The van der Waals surface area contributed by atoms with Gasteiger partial charge in [-0.1, -0.05) is 0 Å². The molecule has 1 fully saturated rings. The SMILES string of the molecule is CC(C)(C)N1CCCCC(OC(N)=O)O1. The first-order valence-corrected chi connectivity index (χ1v) is 5.30. The summed E-state index contributed by atoms with van der Waals surface area (Å²) < 4.78 is 4.87. The Labute approximate surface area is 90.5 Å². The van der Waals surface area contributed by atoms with Crippen molar-refractivity contribution in [2.24, 2.45) is 5.73 Å². The topological polar surface area (TPSA) is 64.8 Å². The van der Waals surface area contributed by atoms with Crippen LogP contribution in [0, 0.1) is 0 Å². The molecule has 5 heteroatoms. The summed E-state index contributed by atoms with van der Waals surface area (Å²) in [6.07, 6.45) is 1.40. The Balaban J connectivity index is 2.57. The predicted molar refractivity (Wildman–Crippen MR) is 55.9 cm³/mol. The molecule has 88 valence electrons. The fourth-order valence-corrected chi connectivity index (χ4v) is 1.52. The van der Waals surface area contributed by atoms with Gasteiger partial charge in [0, 0.05) is 18.5 Å². The maximum Gasteiger partial charge on any atom is 0.406 e. The molecule has 1 atom stereocenters. The number of primary amides is 1. The molecule has 0 aromatic rings. The third-order valence-electron chi connectivity index (χ3n) is 2.29. The molecule has 0 saturated carbocycles. The van der Waals surface area contributed by atoms with E-state index in [1.165, 1.54) is 0 Å². The lowest BCUT2D eigenvalue weighted by Gasteiger charge is -2.34. The highest BCUT2D eigenvalue weighted by Gasteiger charge is 2.28. The molecule has 1 rings (SSSR count). The zero-order chi connectivity index (χ0) is 11.5. The van der Waals surface area contributed by atoms with Crippen LogP contribution >= 0.6 is 0 Å². The number of nitrogens with zero attached hydrogens (tertiary/aromatic N) is 1. The molecule has 1 aliphatic heterocycles. The minimum Gasteiger partial charge on any atom is -0.418 e. The Bertz CT molecular complexity index is 225. The number of hydroxylamine groups is 2. The number of carbonyl (C=O) groups excluding carboxylic acids is 1. The van der Waals surface area contributed by atoms with Gasteiger partial charge in [-0.25, -0.2) is 4.79 Å². The quantitative estimate of drug-likeness (QED) is 0.723. The Hall–Kier alpha value is -0.810. The monoisotopic (exact) mass is 216 g/mol. The molecule has 0 aromatic carbocycles. The number of ether oxygens (including phenoxy) is 1. The molecule has 1 unspecified atom stereocenters. The normalized spacial score (nSPS) is 24.6. The summed E-state index contributed by atoms with van der Waals surface area (Å²) >= 11 is 0. The second kappa shape index (κ2) is 4.81. The average molecular weight is 216 g/mol. The summed E-state index contributed by atoms with van der Waals surface area (Å²) in [6.45, 7) is 7.01. The van der Waals surface area contributed by atoms with Gasteiger partial charge in [-0.05, 0) is 33.6 Å². The molecule has 1 saturated heterocycles. The van der Waals surface area contributed by atoms with Crippen LogP contribution in [0.1, 0.15) is 40.0 Å². The van der Waals surface area contributed by atoms with Gasteiger partial charge in [-0.2, -0.15) is 5.06 Å². The van der Waals surface area contributed by atoms with Crippen LogP contribution in [0.5, 0.6) is 0 Å². The lowest BCUT2D eigenvalue weighted by molar-refractivity contribution is -0.287. The van der Waals surface area contributed by atoms with E-state index in [0.717, 1.165) is 19.4 Å². The van der Waals surface area contributed by atoms with Crippen molar-refractivity contribution in [2.75, 3.05) is 6.54 Å². The van der Waals surface area contributed by atoms with Gasteiger partial charge in [0.05, 0.1) is 0 Å². The molecule has 1 amide bonds. The Morgan fingerprint density at radius 2 is 2.13 bits per heavy atom. The molecule has 15 heavy (non-hydrogen) atoms. The van der Waals surface area contributed by atoms with Gasteiger partial charge in [0.25, 0.3) is 0 Å². The van der Waals surface area contributed by atoms with Crippen LogP contribution in [0.3, 0.4) is 0 Å². The van der Waals surface area contributed by atoms with Gasteiger partial charge in [0.2, 0.25) is 6.29 Å². The first-order chi connectivity index (χ1) is 6.89. The molecular weight excluding hydrogens is 196 g/mol. The highest BCUT2D eigenvalue weighted by atomic mass is 16.8. The van der Waals surface area contributed by atoms with Gasteiger partial charge >= 0.3 is 6.09 Å². The van der Waals surface area contributed by atoms with E-state index in [-0.39, 0.29) is 5.54 Å². The second-order valence-electron chi connectivity index (χ2n) is 4.74. The standard InChI is InChI=1S/C10H20N2O3/c1-10(2,3)12-7-5-4-6-8(15-12)14-9(11)13/h8H,4-7H2,1-3H3,(H2,11,13). The Morgan fingerprint density at radius 1 is 1.47 bits per heavy atom. The molecule has 0 spiro atoms. The molecule has 0 aliphatic carbocycles. The summed E-state index contributed by atoms with van der Waals surface area (Å²) in [5.41, 5.74) is 4.88. The molecule has 0 bridgehead atoms. The number of hydrogen-bond donors (Lipinski definition) is 1. The summed E-state index contributed by atoms with van der Waals surface area (Å²) in [6, 6.07) is 0. The van der Waals surface area contributed by atoms with E-state index in [2.05, 4.69) is 20.8 Å². The Morgan fingerprint density at radius 3 is 2.67 bits per heavy atom. The van der Waals surface area contributed by atoms with Crippen LogP contribution in [0.25, 0.3) is 0 Å². The number of carbonyl (C=O) groups is 1. The van der Waals surface area contributed by atoms with Crippen molar-refractivity contribution < 1.29 is 14.4 Å². The molecule has 0 aromatic heterocycles. The largest absolute Gasteiger partial charge is 0.418 e. The zero-order valence-corrected chi connectivity index (χ0v) is 9.66. The number of amides is 1. The van der Waals surface area contributed by atoms with Crippen molar-refractivity contribution in [3.05, 3.63) is 0 Å². The van der Waals surface area contributed by atoms with E-state index in [9.17, 15) is 4.79 Å². The smallest absolute Gasteiger partial charge is 0.406 e. The van der Waals surface area contributed by atoms with Gasteiger partial charge < -0.3 is 10.5 Å². The summed E-state index contributed by atoms with van der Waals surface area (Å²) in [4.78, 5) is 16.2. The predicted octanol–water partition coefficient (Wildman–Crippen LogP) is 1.62. The van der Waals surface area contributed by atoms with E-state index in [1.807, 2.05) is 5.06 Å². The van der Waals surface area contributed by atoms with E-state index in [0.29, 0.717) is 6.42 Å². The van der Waals surface area contributed by atoms with Crippen molar-refractivity contribution in [3.8, 4) is 0 Å². The third-order valence-corrected chi connectivity index (χ3v) is 2.29. The second-order valence-corrected chi connectivity index (χ2v) is 4.74. The maximum absolute atomic E-state index is 10.6. The minimum absolute atomic E-state index is 0.0937. The van der Waals surface area contributed by atoms with E-state index in [4.69, 9.17) is 15.3 Å². The van der Waals surface area contributed by atoms with E-state index >= 15 is 0 Å². The summed E-state index contributed by atoms with van der Waals surface area (Å²) in [5.74, 6) is 0. The fourth-order valence-electron chi connectivity index (χ4n) is 1.52. The summed E-state index contributed by atoms with van der Waals surface area (Å²) in [7, 11) is 0. The lowest BCUT2D eigenvalue weighted by Crippen LogP contribution is -2.44. The van der Waals surface area contributed by atoms with Crippen LogP contribution in [0.4, 0.5) is 4.79 Å². The molecule has 0 radical (unpaired) electrons. The Kier molecular flexibility index (Phi) is 3.93. The molecule has 1 heterocycles. The lowest BCUT2D eigenvalue weighted by atomic mass is 10.1. The zero-order valence-electron chi connectivity index (χ0n) is 9.66. The van der Waals surface area contributed by atoms with Crippen molar-refractivity contribution in [2.45, 2.75) is 51.9 Å². The highest BCUT2D eigenvalue weighted by molar-refractivity contribution is 5.64. The first kappa shape index (κ1) is 12.3. The fraction of sp³-hybridized carbons (Fsp3) is 0.900. The van der Waals surface area contributed by atoms with Gasteiger partial charge in [0.1, 0.15) is 0 Å². The van der Waals surface area contributed by atoms with Gasteiger partial charge in [0.15, 0.2) is 0 Å². The van der Waals surface area contributed by atoms with E-state index in [1.54, 1.807) is 0 Å². The molecule has 1 aliphatic rings. The van der Waals surface area contributed by atoms with Crippen molar-refractivity contribution >= 4 is 6.09 Å². The van der Waals surface area contributed by atoms with Crippen molar-refractivity contribution in [1.82, 2.24) is 5.06 Å². The van der Waals surface area contributed by atoms with Gasteiger partial charge in [-0.3, -0.25) is 4.84 Å². The molecule has 2 N–H and O–H groups in total. The van der Waals surface area contributed by atoms with Crippen LogP contribution < -0.4 is 5.73 Å². The van der Waals surface area contributed by atoms with Crippen molar-refractivity contribution in [3.63, 3.8) is 0 Å². The third kappa shape index (κ3) is 4.05. The van der Waals surface area contributed by atoms with Crippen LogP contribution in [0.2, 0.25) is 0 Å². The van der Waals surface area contributed by atoms with Crippen LogP contribution in [-0.4, -0.2) is 29.5 Å². The summed E-state index contributed by atoms with van der Waals surface area (Å²) in [5, 5.41) is 1.85.